The monoisotopic (exact) mass is 132 g/mol. The Labute approximate surface area is 56.2 Å². The van der Waals surface area contributed by atoms with Crippen molar-refractivity contribution in [2.45, 2.75) is 19.1 Å². The predicted molar refractivity (Wildman–Crippen MR) is 40.5 cm³/mol. The zero-order valence-electron chi connectivity index (χ0n) is 5.85. The van der Waals surface area contributed by atoms with Crippen LogP contribution in [-0.4, -0.2) is 24.6 Å². The van der Waals surface area contributed by atoms with Crippen LogP contribution in [0.4, 0.5) is 0 Å². The maximum absolute atomic E-state index is 4.03. The summed E-state index contributed by atoms with van der Waals surface area (Å²) < 4.78 is 0. The Hall–Kier alpha value is 0.310. The average Bonchev–Trinajstić information content (AvgIpc) is 1.68. The summed E-state index contributed by atoms with van der Waals surface area (Å²) in [7, 11) is 1.87. The fourth-order valence-electron chi connectivity index (χ4n) is 0.594. The van der Waals surface area contributed by atoms with Gasteiger partial charge < -0.3 is 0 Å². The Morgan fingerprint density at radius 3 is 2.62 bits per heavy atom. The molecule has 0 aromatic rings. The van der Waals surface area contributed by atoms with E-state index in [-0.39, 0.29) is 0 Å². The molecule has 0 saturated heterocycles. The standard InChI is InChI=1S/C6H14NS/c1-4-8-6(2)5-7-3/h6H,4-5H2,1-3H3. The average molecular weight is 132 g/mol. The van der Waals surface area contributed by atoms with Gasteiger partial charge in [-0.25, -0.2) is 5.32 Å². The third-order valence-electron chi connectivity index (χ3n) is 0.891. The van der Waals surface area contributed by atoms with Crippen LogP contribution in [0.5, 0.6) is 0 Å². The molecular formula is C6H14NS. The second kappa shape index (κ2) is 5.45. The third kappa shape index (κ3) is 4.47. The van der Waals surface area contributed by atoms with E-state index < -0.39 is 0 Å². The van der Waals surface area contributed by atoms with Crippen LogP contribution in [0.15, 0.2) is 0 Å². The lowest BCUT2D eigenvalue weighted by atomic mass is 10.5. The summed E-state index contributed by atoms with van der Waals surface area (Å²) in [4.78, 5) is 0. The van der Waals surface area contributed by atoms with Crippen LogP contribution in [0.25, 0.3) is 0 Å². The molecule has 1 unspecified atom stereocenters. The summed E-state index contributed by atoms with van der Waals surface area (Å²) in [6.45, 7) is 5.39. The summed E-state index contributed by atoms with van der Waals surface area (Å²) >= 11 is 1.96. The van der Waals surface area contributed by atoms with Crippen molar-refractivity contribution in [1.82, 2.24) is 5.32 Å². The lowest BCUT2D eigenvalue weighted by Gasteiger charge is -2.05. The number of nitrogens with zero attached hydrogens (tertiary/aromatic N) is 1. The minimum Gasteiger partial charge on any atom is -0.244 e. The molecule has 2 heteroatoms. The molecule has 0 aliphatic rings. The fourth-order valence-corrected chi connectivity index (χ4v) is 1.42. The third-order valence-corrected chi connectivity index (χ3v) is 1.94. The van der Waals surface area contributed by atoms with Gasteiger partial charge >= 0.3 is 0 Å². The molecule has 0 N–H and O–H groups in total. The molecule has 0 aromatic heterocycles. The van der Waals surface area contributed by atoms with Crippen molar-refractivity contribution in [2.75, 3.05) is 19.3 Å². The predicted octanol–water partition coefficient (Wildman–Crippen LogP) is 1.36. The molecule has 0 fully saturated rings. The van der Waals surface area contributed by atoms with Crippen LogP contribution in [0, 0.1) is 0 Å². The molecule has 1 atom stereocenters. The topological polar surface area (TPSA) is 14.1 Å². The van der Waals surface area contributed by atoms with E-state index in [1.54, 1.807) is 0 Å². The molecule has 0 aliphatic carbocycles. The van der Waals surface area contributed by atoms with Crippen LogP contribution in [0.2, 0.25) is 0 Å². The first-order valence-electron chi connectivity index (χ1n) is 2.98. The van der Waals surface area contributed by atoms with Crippen molar-refractivity contribution in [3.8, 4) is 0 Å². The second-order valence-electron chi connectivity index (χ2n) is 1.76. The van der Waals surface area contributed by atoms with Crippen molar-refractivity contribution >= 4 is 11.8 Å². The van der Waals surface area contributed by atoms with Gasteiger partial charge in [0.15, 0.2) is 0 Å². The normalized spacial score (nSPS) is 13.9. The molecule has 0 bridgehead atoms. The van der Waals surface area contributed by atoms with Crippen molar-refractivity contribution < 1.29 is 0 Å². The summed E-state index contributed by atoms with van der Waals surface area (Å²) in [5.41, 5.74) is 0. The van der Waals surface area contributed by atoms with E-state index in [2.05, 4.69) is 19.2 Å². The van der Waals surface area contributed by atoms with Crippen molar-refractivity contribution in [2.24, 2.45) is 0 Å². The molecule has 1 nitrogen and oxygen atoms in total. The Morgan fingerprint density at radius 2 is 2.25 bits per heavy atom. The van der Waals surface area contributed by atoms with Gasteiger partial charge in [0.2, 0.25) is 0 Å². The van der Waals surface area contributed by atoms with E-state index >= 15 is 0 Å². The van der Waals surface area contributed by atoms with Gasteiger partial charge in [-0.2, -0.15) is 11.8 Å². The van der Waals surface area contributed by atoms with E-state index in [0.717, 1.165) is 6.54 Å². The lowest BCUT2D eigenvalue weighted by molar-refractivity contribution is 0.771. The van der Waals surface area contributed by atoms with Gasteiger partial charge in [-0.05, 0) is 5.75 Å². The quantitative estimate of drug-likeness (QED) is 0.563. The summed E-state index contributed by atoms with van der Waals surface area (Å²) in [5.74, 6) is 1.21. The summed E-state index contributed by atoms with van der Waals surface area (Å²) in [6.07, 6.45) is 0. The minimum atomic E-state index is 0.713. The SMILES string of the molecule is CCSC(C)C[N]C. The van der Waals surface area contributed by atoms with Crippen molar-refractivity contribution in [3.05, 3.63) is 0 Å². The number of hydrogen-bond donors (Lipinski definition) is 0. The highest BCUT2D eigenvalue weighted by Crippen LogP contribution is 2.07. The van der Waals surface area contributed by atoms with Crippen molar-refractivity contribution in [3.63, 3.8) is 0 Å². The Kier molecular flexibility index (Phi) is 5.66. The molecular weight excluding hydrogens is 118 g/mol. The van der Waals surface area contributed by atoms with Crippen LogP contribution in [-0.2, 0) is 0 Å². The molecule has 0 amide bonds. The van der Waals surface area contributed by atoms with Gasteiger partial charge in [-0.1, -0.05) is 13.8 Å². The summed E-state index contributed by atoms with van der Waals surface area (Å²) in [5, 5.41) is 4.75. The highest BCUT2D eigenvalue weighted by atomic mass is 32.2. The van der Waals surface area contributed by atoms with E-state index in [1.807, 2.05) is 18.8 Å². The molecule has 8 heavy (non-hydrogen) atoms. The molecule has 0 spiro atoms. The van der Waals surface area contributed by atoms with E-state index in [1.165, 1.54) is 5.75 Å². The van der Waals surface area contributed by atoms with Crippen LogP contribution in [0.1, 0.15) is 13.8 Å². The number of thioether (sulfide) groups is 1. The highest BCUT2D eigenvalue weighted by Gasteiger charge is 1.96. The lowest BCUT2D eigenvalue weighted by Crippen LogP contribution is -2.11. The van der Waals surface area contributed by atoms with Gasteiger partial charge in [-0.3, -0.25) is 0 Å². The zero-order valence-corrected chi connectivity index (χ0v) is 6.66. The first-order chi connectivity index (χ1) is 3.81. The first-order valence-corrected chi connectivity index (χ1v) is 4.03. The molecule has 0 rings (SSSR count). The molecule has 0 aromatic carbocycles. The molecule has 49 valence electrons. The van der Waals surface area contributed by atoms with Gasteiger partial charge in [0, 0.05) is 18.8 Å². The van der Waals surface area contributed by atoms with E-state index in [9.17, 15) is 0 Å². The number of rotatable bonds is 4. The molecule has 1 radical (unpaired) electrons. The Bertz CT molecular complexity index is 41.8. The minimum absolute atomic E-state index is 0.713. The highest BCUT2D eigenvalue weighted by molar-refractivity contribution is 7.99. The summed E-state index contributed by atoms with van der Waals surface area (Å²) in [6, 6.07) is 0. The van der Waals surface area contributed by atoms with Crippen molar-refractivity contribution in [1.29, 1.82) is 0 Å². The largest absolute Gasteiger partial charge is 0.244 e. The molecule has 0 saturated carbocycles. The van der Waals surface area contributed by atoms with Gasteiger partial charge in [0.05, 0.1) is 0 Å². The zero-order chi connectivity index (χ0) is 6.41. The second-order valence-corrected chi connectivity index (χ2v) is 3.48. The van der Waals surface area contributed by atoms with E-state index in [0.29, 0.717) is 5.25 Å². The maximum Gasteiger partial charge on any atom is 0.0246 e. The van der Waals surface area contributed by atoms with Gasteiger partial charge in [-0.15, -0.1) is 0 Å². The van der Waals surface area contributed by atoms with Gasteiger partial charge in [0.25, 0.3) is 0 Å². The van der Waals surface area contributed by atoms with E-state index in [4.69, 9.17) is 0 Å². The smallest absolute Gasteiger partial charge is 0.0246 e. The van der Waals surface area contributed by atoms with Crippen LogP contribution >= 0.6 is 11.8 Å². The first kappa shape index (κ1) is 8.31. The van der Waals surface area contributed by atoms with Crippen LogP contribution in [0.3, 0.4) is 0 Å². The fraction of sp³-hybridized carbons (Fsp3) is 1.00. The van der Waals surface area contributed by atoms with Crippen LogP contribution < -0.4 is 5.32 Å². The number of hydrogen-bond acceptors (Lipinski definition) is 1. The molecule has 0 aliphatic heterocycles. The molecule has 0 heterocycles. The van der Waals surface area contributed by atoms with Gasteiger partial charge in [0.1, 0.15) is 0 Å². The maximum atomic E-state index is 4.03. The Balaban J connectivity index is 2.92. The Morgan fingerprint density at radius 1 is 1.62 bits per heavy atom.